The lowest BCUT2D eigenvalue weighted by molar-refractivity contribution is -0.114. The first kappa shape index (κ1) is 23.2. The van der Waals surface area contributed by atoms with Crippen molar-refractivity contribution in [2.45, 2.75) is 26.2 Å². The third-order valence-electron chi connectivity index (χ3n) is 5.86. The zero-order valence-corrected chi connectivity index (χ0v) is 20.4. The van der Waals surface area contributed by atoms with Gasteiger partial charge in [0.15, 0.2) is 11.0 Å². The van der Waals surface area contributed by atoms with Gasteiger partial charge in [0, 0.05) is 19.5 Å². The number of hydrogen-bond donors (Lipinski definition) is 1. The Morgan fingerprint density at radius 3 is 2.26 bits per heavy atom. The summed E-state index contributed by atoms with van der Waals surface area (Å²) in [5.41, 5.74) is 2.22. The SMILES string of the molecule is Cc1ccc(OCCCOc2ccc(/C=C3\C(=N)N4N=C(N5CCCC5)SC4=NC3=O)cc2)cc1. The molecule has 1 N–H and O–H groups in total. The number of aliphatic imine (C=N–C) groups is 1. The van der Waals surface area contributed by atoms with Crippen LogP contribution >= 0.6 is 11.8 Å². The number of hydrogen-bond acceptors (Lipinski definition) is 7. The van der Waals surface area contributed by atoms with Crippen LogP contribution < -0.4 is 9.47 Å². The number of likely N-dealkylation sites (tertiary alicyclic amines) is 1. The van der Waals surface area contributed by atoms with E-state index in [-0.39, 0.29) is 11.4 Å². The molecule has 8 nitrogen and oxygen atoms in total. The minimum Gasteiger partial charge on any atom is -0.493 e. The van der Waals surface area contributed by atoms with Crippen molar-refractivity contribution in [1.82, 2.24) is 9.91 Å². The van der Waals surface area contributed by atoms with Crippen LogP contribution in [0.25, 0.3) is 6.08 Å². The van der Waals surface area contributed by atoms with Gasteiger partial charge in [0.2, 0.25) is 5.17 Å². The van der Waals surface area contributed by atoms with Gasteiger partial charge < -0.3 is 14.4 Å². The molecule has 0 bridgehead atoms. The standard InChI is InChI=1S/C26H27N5O3S/c1-18-5-9-20(10-6-18)33-15-4-16-34-21-11-7-19(8-12-21)17-22-23(27)31-25(28-24(22)32)35-26(29-31)30-13-2-3-14-30/h5-12,17,27H,2-4,13-16H2,1H3/b22-17+,27-23?. The van der Waals surface area contributed by atoms with Crippen LogP contribution in [0, 0.1) is 12.3 Å². The van der Waals surface area contributed by atoms with Crippen LogP contribution in [0.4, 0.5) is 0 Å². The Morgan fingerprint density at radius 1 is 0.971 bits per heavy atom. The second-order valence-electron chi connectivity index (χ2n) is 8.53. The molecule has 3 aliphatic rings. The third kappa shape index (κ3) is 5.40. The highest BCUT2D eigenvalue weighted by Gasteiger charge is 2.37. The number of aryl methyl sites for hydroxylation is 1. The van der Waals surface area contributed by atoms with E-state index in [0.29, 0.717) is 18.4 Å². The van der Waals surface area contributed by atoms with E-state index in [9.17, 15) is 4.79 Å². The van der Waals surface area contributed by atoms with Crippen molar-refractivity contribution < 1.29 is 14.3 Å². The Labute approximate surface area is 208 Å². The summed E-state index contributed by atoms with van der Waals surface area (Å²) in [4.78, 5) is 19.0. The molecule has 9 heteroatoms. The summed E-state index contributed by atoms with van der Waals surface area (Å²) in [7, 11) is 0. The van der Waals surface area contributed by atoms with Gasteiger partial charge in [-0.15, -0.1) is 5.10 Å². The molecule has 0 spiro atoms. The van der Waals surface area contributed by atoms with E-state index in [1.807, 2.05) is 55.5 Å². The summed E-state index contributed by atoms with van der Waals surface area (Å²) in [6.45, 7) is 5.07. The third-order valence-corrected chi connectivity index (χ3v) is 6.83. The molecule has 0 saturated carbocycles. The highest BCUT2D eigenvalue weighted by atomic mass is 32.2. The molecule has 3 heterocycles. The zero-order valence-electron chi connectivity index (χ0n) is 19.6. The molecule has 1 amide bonds. The van der Waals surface area contributed by atoms with Gasteiger partial charge in [-0.3, -0.25) is 10.2 Å². The Hall–Kier alpha value is -3.59. The molecular weight excluding hydrogens is 462 g/mol. The number of ether oxygens (including phenoxy) is 2. The first-order chi connectivity index (χ1) is 17.1. The van der Waals surface area contributed by atoms with Crippen molar-refractivity contribution in [2.75, 3.05) is 26.3 Å². The number of carbonyl (C=O) groups is 1. The quantitative estimate of drug-likeness (QED) is 0.454. The summed E-state index contributed by atoms with van der Waals surface area (Å²) in [5.74, 6) is 1.23. The van der Waals surface area contributed by atoms with Gasteiger partial charge in [-0.05, 0) is 67.4 Å². The molecular formula is C26H27N5O3S. The van der Waals surface area contributed by atoms with Gasteiger partial charge in [-0.2, -0.15) is 10.0 Å². The van der Waals surface area contributed by atoms with E-state index in [2.05, 4.69) is 15.0 Å². The number of benzene rings is 2. The topological polar surface area (TPSA) is 90.6 Å². The Kier molecular flexibility index (Phi) is 6.85. The second-order valence-corrected chi connectivity index (χ2v) is 9.46. The lowest BCUT2D eigenvalue weighted by Gasteiger charge is -2.20. The molecule has 2 aromatic carbocycles. The Morgan fingerprint density at radius 2 is 1.60 bits per heavy atom. The molecule has 2 aromatic rings. The molecule has 0 radical (unpaired) electrons. The monoisotopic (exact) mass is 489 g/mol. The van der Waals surface area contributed by atoms with Crippen LogP contribution in [-0.2, 0) is 4.79 Å². The van der Waals surface area contributed by atoms with Gasteiger partial charge in [0.1, 0.15) is 11.5 Å². The highest BCUT2D eigenvalue weighted by molar-refractivity contribution is 8.26. The van der Waals surface area contributed by atoms with E-state index in [4.69, 9.17) is 14.9 Å². The number of thioether (sulfide) groups is 1. The lowest BCUT2D eigenvalue weighted by Crippen LogP contribution is -2.35. The number of amidine groups is 3. The number of fused-ring (bicyclic) bond motifs is 1. The fraction of sp³-hybridized carbons (Fsp3) is 0.308. The maximum atomic E-state index is 12.6. The minimum absolute atomic E-state index is 0.0515. The lowest BCUT2D eigenvalue weighted by atomic mass is 10.1. The van der Waals surface area contributed by atoms with Crippen LogP contribution in [-0.4, -0.2) is 58.3 Å². The molecule has 0 aromatic heterocycles. The zero-order chi connectivity index (χ0) is 24.2. The summed E-state index contributed by atoms with van der Waals surface area (Å²) >= 11 is 1.36. The van der Waals surface area contributed by atoms with Crippen LogP contribution in [0.3, 0.4) is 0 Å². The number of nitrogens with zero attached hydrogens (tertiary/aromatic N) is 4. The van der Waals surface area contributed by atoms with Gasteiger partial charge in [-0.25, -0.2) is 0 Å². The molecule has 1 saturated heterocycles. The second kappa shape index (κ2) is 10.4. The average molecular weight is 490 g/mol. The molecule has 0 aliphatic carbocycles. The molecule has 0 atom stereocenters. The van der Waals surface area contributed by atoms with Crippen LogP contribution in [0.15, 0.2) is 64.2 Å². The fourth-order valence-electron chi connectivity index (χ4n) is 3.92. The van der Waals surface area contributed by atoms with E-state index >= 15 is 0 Å². The van der Waals surface area contributed by atoms with Crippen molar-refractivity contribution in [3.8, 4) is 11.5 Å². The van der Waals surface area contributed by atoms with Crippen molar-refractivity contribution in [2.24, 2.45) is 10.1 Å². The van der Waals surface area contributed by atoms with Gasteiger partial charge in [0.25, 0.3) is 5.91 Å². The maximum absolute atomic E-state index is 12.6. The first-order valence-electron chi connectivity index (χ1n) is 11.7. The molecule has 0 unspecified atom stereocenters. The Bertz CT molecular complexity index is 1200. The number of rotatable bonds is 7. The average Bonchev–Trinajstić information content (AvgIpc) is 3.54. The van der Waals surface area contributed by atoms with Crippen LogP contribution in [0.5, 0.6) is 11.5 Å². The maximum Gasteiger partial charge on any atom is 0.283 e. The minimum atomic E-state index is -0.416. The van der Waals surface area contributed by atoms with Gasteiger partial charge >= 0.3 is 0 Å². The summed E-state index contributed by atoms with van der Waals surface area (Å²) in [5, 5.41) is 15.8. The van der Waals surface area contributed by atoms with Gasteiger partial charge in [0.05, 0.1) is 18.8 Å². The van der Waals surface area contributed by atoms with E-state index in [1.54, 1.807) is 6.08 Å². The summed E-state index contributed by atoms with van der Waals surface area (Å²) in [6.07, 6.45) is 4.71. The van der Waals surface area contributed by atoms with Gasteiger partial charge in [-0.1, -0.05) is 29.8 Å². The predicted octanol–water partition coefficient (Wildman–Crippen LogP) is 4.52. The normalized spacial score (nSPS) is 18.6. The molecule has 1 fully saturated rings. The smallest absolute Gasteiger partial charge is 0.283 e. The number of nitrogens with one attached hydrogen (secondary N) is 1. The molecule has 5 rings (SSSR count). The molecule has 3 aliphatic heterocycles. The predicted molar refractivity (Wildman–Crippen MR) is 139 cm³/mol. The number of carbonyl (C=O) groups excluding carboxylic acids is 1. The van der Waals surface area contributed by atoms with Crippen LogP contribution in [0.1, 0.15) is 30.4 Å². The molecule has 35 heavy (non-hydrogen) atoms. The van der Waals surface area contributed by atoms with Crippen molar-refractivity contribution in [3.63, 3.8) is 0 Å². The van der Waals surface area contributed by atoms with Crippen molar-refractivity contribution in [3.05, 3.63) is 65.2 Å². The van der Waals surface area contributed by atoms with E-state index in [1.165, 1.54) is 22.3 Å². The molecule has 180 valence electrons. The highest BCUT2D eigenvalue weighted by Crippen LogP contribution is 2.31. The Balaban J connectivity index is 1.15. The fourth-order valence-corrected chi connectivity index (χ4v) is 4.86. The van der Waals surface area contributed by atoms with Crippen molar-refractivity contribution >= 4 is 39.9 Å². The number of amides is 1. The largest absolute Gasteiger partial charge is 0.493 e. The van der Waals surface area contributed by atoms with E-state index < -0.39 is 5.91 Å². The van der Waals surface area contributed by atoms with E-state index in [0.717, 1.165) is 54.6 Å². The summed E-state index contributed by atoms with van der Waals surface area (Å²) in [6, 6.07) is 15.4. The van der Waals surface area contributed by atoms with Crippen molar-refractivity contribution in [1.29, 1.82) is 5.41 Å². The number of hydrazone groups is 1. The first-order valence-corrected chi connectivity index (χ1v) is 12.6. The summed E-state index contributed by atoms with van der Waals surface area (Å²) < 4.78 is 11.5. The van der Waals surface area contributed by atoms with Crippen LogP contribution in [0.2, 0.25) is 0 Å².